The van der Waals surface area contributed by atoms with E-state index in [1.807, 2.05) is 45.1 Å². The maximum atomic E-state index is 12.3. The van der Waals surface area contributed by atoms with Gasteiger partial charge in [0.15, 0.2) is 5.78 Å². The van der Waals surface area contributed by atoms with Crippen LogP contribution in [0.3, 0.4) is 0 Å². The molecule has 140 valence electrons. The van der Waals surface area contributed by atoms with E-state index in [0.717, 1.165) is 5.57 Å². The first-order valence-corrected chi connectivity index (χ1v) is 8.89. The van der Waals surface area contributed by atoms with Crippen LogP contribution in [0, 0.1) is 11.3 Å². The van der Waals surface area contributed by atoms with Gasteiger partial charge in [-0.2, -0.15) is 0 Å². The van der Waals surface area contributed by atoms with Crippen molar-refractivity contribution in [2.45, 2.75) is 53.1 Å². The number of hydrogen-bond donors (Lipinski definition) is 1. The molecule has 0 aliphatic heterocycles. The predicted molar refractivity (Wildman–Crippen MR) is 98.4 cm³/mol. The van der Waals surface area contributed by atoms with E-state index in [-0.39, 0.29) is 23.2 Å². The average molecular weight is 358 g/mol. The summed E-state index contributed by atoms with van der Waals surface area (Å²) in [5, 5.41) is 9.25. The van der Waals surface area contributed by atoms with Gasteiger partial charge < -0.3 is 9.84 Å². The normalized spacial score (nSPS) is 30.0. The van der Waals surface area contributed by atoms with Crippen molar-refractivity contribution in [1.29, 1.82) is 0 Å². The molecule has 5 heteroatoms. The molecular formula is C21H26O5. The number of allylic oxidation sites excluding steroid dienone is 6. The monoisotopic (exact) mass is 358 g/mol. The highest BCUT2D eigenvalue weighted by Gasteiger charge is 2.46. The molecule has 0 amide bonds. The van der Waals surface area contributed by atoms with E-state index in [9.17, 15) is 19.5 Å². The van der Waals surface area contributed by atoms with Crippen molar-refractivity contribution < 1.29 is 24.2 Å². The summed E-state index contributed by atoms with van der Waals surface area (Å²) in [5.74, 6) is -1.67. The lowest BCUT2D eigenvalue weighted by Crippen LogP contribution is -2.42. The number of fused-ring (bicyclic) bond motifs is 1. The Kier molecular flexibility index (Phi) is 6.01. The van der Waals surface area contributed by atoms with Crippen LogP contribution in [0.2, 0.25) is 0 Å². The standard InChI is InChI=1S/C21H26O5/c1-5-6-7-8-19(23)26-18-10-9-15-11-17(22)16(13(2)20(24)25)12-21(15,4)14(18)3/h5-6,9-11,14,18H,7-8,12H2,1-4H3,(H,24,25). The number of hydrogen-bond acceptors (Lipinski definition) is 4. The minimum Gasteiger partial charge on any atom is -0.478 e. The number of rotatable bonds is 5. The third-order valence-electron chi connectivity index (χ3n) is 5.54. The van der Waals surface area contributed by atoms with Crippen LogP contribution < -0.4 is 0 Å². The number of carboxylic acids is 1. The molecule has 2 rings (SSSR count). The van der Waals surface area contributed by atoms with Crippen LogP contribution in [0.4, 0.5) is 0 Å². The van der Waals surface area contributed by atoms with Crippen LogP contribution in [0.25, 0.3) is 0 Å². The zero-order chi connectivity index (χ0) is 19.5. The number of carbonyl (C=O) groups excluding carboxylic acids is 2. The van der Waals surface area contributed by atoms with Gasteiger partial charge in [-0.3, -0.25) is 9.59 Å². The first-order chi connectivity index (χ1) is 12.2. The van der Waals surface area contributed by atoms with Crippen molar-refractivity contribution in [2.75, 3.05) is 0 Å². The third-order valence-corrected chi connectivity index (χ3v) is 5.54. The van der Waals surface area contributed by atoms with Gasteiger partial charge in [-0.25, -0.2) is 4.79 Å². The van der Waals surface area contributed by atoms with Crippen molar-refractivity contribution in [2.24, 2.45) is 11.3 Å². The third kappa shape index (κ3) is 3.87. The van der Waals surface area contributed by atoms with Gasteiger partial charge in [0, 0.05) is 28.9 Å². The zero-order valence-corrected chi connectivity index (χ0v) is 15.7. The molecule has 0 aromatic rings. The Labute approximate surface area is 154 Å². The first-order valence-electron chi connectivity index (χ1n) is 8.89. The van der Waals surface area contributed by atoms with E-state index in [0.29, 0.717) is 24.8 Å². The molecule has 0 saturated heterocycles. The summed E-state index contributed by atoms with van der Waals surface area (Å²) in [5.41, 5.74) is 0.804. The molecule has 5 nitrogen and oxygen atoms in total. The van der Waals surface area contributed by atoms with E-state index in [1.165, 1.54) is 13.0 Å². The number of carbonyl (C=O) groups is 3. The van der Waals surface area contributed by atoms with Crippen molar-refractivity contribution in [3.05, 3.63) is 47.1 Å². The SMILES string of the molecule is CC=CCCC(=O)OC1C=CC2=CC(=O)C(=C(C)C(=O)O)CC2(C)C1C. The van der Waals surface area contributed by atoms with E-state index in [4.69, 9.17) is 4.74 Å². The van der Waals surface area contributed by atoms with E-state index in [2.05, 4.69) is 0 Å². The molecule has 0 radical (unpaired) electrons. The molecular weight excluding hydrogens is 332 g/mol. The maximum absolute atomic E-state index is 12.3. The summed E-state index contributed by atoms with van der Waals surface area (Å²) in [6, 6.07) is 0. The van der Waals surface area contributed by atoms with Gasteiger partial charge in [0.1, 0.15) is 6.10 Å². The second kappa shape index (κ2) is 7.85. The van der Waals surface area contributed by atoms with Crippen molar-refractivity contribution in [1.82, 2.24) is 0 Å². The van der Waals surface area contributed by atoms with Crippen LogP contribution in [-0.2, 0) is 19.1 Å². The molecule has 3 atom stereocenters. The fourth-order valence-corrected chi connectivity index (χ4v) is 3.51. The Hall–Kier alpha value is -2.43. The summed E-state index contributed by atoms with van der Waals surface area (Å²) in [6.07, 6.45) is 9.87. The van der Waals surface area contributed by atoms with Gasteiger partial charge in [-0.05, 0) is 44.4 Å². The molecule has 0 bridgehead atoms. The zero-order valence-electron chi connectivity index (χ0n) is 15.7. The summed E-state index contributed by atoms with van der Waals surface area (Å²) in [6.45, 7) is 7.33. The highest BCUT2D eigenvalue weighted by Crippen LogP contribution is 2.50. The predicted octanol–water partition coefficient (Wildman–Crippen LogP) is 3.77. The van der Waals surface area contributed by atoms with Gasteiger partial charge >= 0.3 is 11.9 Å². The lowest BCUT2D eigenvalue weighted by Gasteiger charge is -2.45. The van der Waals surface area contributed by atoms with Crippen molar-refractivity contribution in [3.8, 4) is 0 Å². The van der Waals surface area contributed by atoms with Crippen LogP contribution in [0.1, 0.15) is 47.0 Å². The average Bonchev–Trinajstić information content (AvgIpc) is 2.58. The molecule has 3 unspecified atom stereocenters. The molecule has 2 aliphatic rings. The largest absolute Gasteiger partial charge is 0.478 e. The molecule has 0 heterocycles. The van der Waals surface area contributed by atoms with Gasteiger partial charge in [-0.1, -0.05) is 32.1 Å². The lowest BCUT2D eigenvalue weighted by atomic mass is 9.60. The molecule has 1 N–H and O–H groups in total. The summed E-state index contributed by atoms with van der Waals surface area (Å²) < 4.78 is 5.63. The number of aliphatic carboxylic acids is 1. The van der Waals surface area contributed by atoms with Crippen LogP contribution >= 0.6 is 0 Å². The Morgan fingerprint density at radius 1 is 1.42 bits per heavy atom. The van der Waals surface area contributed by atoms with Gasteiger partial charge in [0.05, 0.1) is 0 Å². The molecule has 0 fully saturated rings. The second-order valence-corrected chi connectivity index (χ2v) is 7.18. The Balaban J connectivity index is 2.26. The summed E-state index contributed by atoms with van der Waals surface area (Å²) in [7, 11) is 0. The minimum atomic E-state index is -1.08. The van der Waals surface area contributed by atoms with E-state index < -0.39 is 17.5 Å². The fourth-order valence-electron chi connectivity index (χ4n) is 3.51. The highest BCUT2D eigenvalue weighted by molar-refractivity contribution is 6.10. The first kappa shape index (κ1) is 19.9. The quantitative estimate of drug-likeness (QED) is 0.460. The van der Waals surface area contributed by atoms with Gasteiger partial charge in [0.2, 0.25) is 0 Å². The fraction of sp³-hybridized carbons (Fsp3) is 0.476. The number of esters is 1. The summed E-state index contributed by atoms with van der Waals surface area (Å²) in [4.78, 5) is 35.7. The van der Waals surface area contributed by atoms with E-state index in [1.54, 1.807) is 0 Å². The van der Waals surface area contributed by atoms with Gasteiger partial charge in [-0.15, -0.1) is 0 Å². The Bertz CT molecular complexity index is 738. The number of ether oxygens (including phenoxy) is 1. The topological polar surface area (TPSA) is 80.7 Å². The highest BCUT2D eigenvalue weighted by atomic mass is 16.5. The second-order valence-electron chi connectivity index (χ2n) is 7.18. The molecule has 26 heavy (non-hydrogen) atoms. The molecule has 0 aromatic heterocycles. The molecule has 0 saturated carbocycles. The number of ketones is 1. The molecule has 0 spiro atoms. The van der Waals surface area contributed by atoms with Crippen LogP contribution in [0.5, 0.6) is 0 Å². The smallest absolute Gasteiger partial charge is 0.331 e. The van der Waals surface area contributed by atoms with E-state index >= 15 is 0 Å². The Morgan fingerprint density at radius 3 is 2.73 bits per heavy atom. The number of carboxylic acid groups (broad SMARTS) is 1. The minimum absolute atomic E-state index is 0.0749. The van der Waals surface area contributed by atoms with Crippen LogP contribution in [0.15, 0.2) is 47.1 Å². The van der Waals surface area contributed by atoms with Gasteiger partial charge in [0.25, 0.3) is 0 Å². The van der Waals surface area contributed by atoms with Crippen molar-refractivity contribution in [3.63, 3.8) is 0 Å². The Morgan fingerprint density at radius 2 is 2.12 bits per heavy atom. The summed E-state index contributed by atoms with van der Waals surface area (Å²) >= 11 is 0. The molecule has 2 aliphatic carbocycles. The lowest BCUT2D eigenvalue weighted by molar-refractivity contribution is -0.150. The van der Waals surface area contributed by atoms with Crippen molar-refractivity contribution >= 4 is 17.7 Å². The van der Waals surface area contributed by atoms with Crippen LogP contribution in [-0.4, -0.2) is 28.9 Å². The molecule has 0 aromatic carbocycles. The maximum Gasteiger partial charge on any atom is 0.331 e.